The minimum atomic E-state index is 0.150. The Hall–Kier alpha value is -2.16. The van der Waals surface area contributed by atoms with E-state index in [4.69, 9.17) is 14.5 Å². The van der Waals surface area contributed by atoms with Crippen LogP contribution in [-0.2, 0) is 11.3 Å². The second kappa shape index (κ2) is 8.89. The number of nitrogens with zero attached hydrogens (tertiary/aromatic N) is 4. The number of carbonyl (C=O) groups is 1. The molecule has 2 aliphatic rings. The van der Waals surface area contributed by atoms with Crippen molar-refractivity contribution in [1.29, 1.82) is 0 Å². The smallest absolute Gasteiger partial charge is 0.320 e. The Kier molecular flexibility index (Phi) is 6.09. The Balaban J connectivity index is 1.30. The minimum Gasteiger partial charge on any atom is -0.497 e. The van der Waals surface area contributed by atoms with E-state index < -0.39 is 0 Å². The number of hydrogen-bond donors (Lipinski definition) is 0. The van der Waals surface area contributed by atoms with Crippen molar-refractivity contribution < 1.29 is 14.3 Å². The maximum absolute atomic E-state index is 12.6. The summed E-state index contributed by atoms with van der Waals surface area (Å²) in [5.41, 5.74) is 2.16. The second-order valence-corrected chi connectivity index (χ2v) is 7.88. The van der Waals surface area contributed by atoms with Gasteiger partial charge in [0.15, 0.2) is 0 Å². The normalized spacial score (nSPS) is 18.3. The third-order valence-electron chi connectivity index (χ3n) is 5.18. The van der Waals surface area contributed by atoms with Gasteiger partial charge in [0.05, 0.1) is 26.0 Å². The summed E-state index contributed by atoms with van der Waals surface area (Å²) >= 11 is 1.66. The van der Waals surface area contributed by atoms with Gasteiger partial charge >= 0.3 is 6.03 Å². The minimum absolute atomic E-state index is 0.150. The Morgan fingerprint density at radius 3 is 2.64 bits per heavy atom. The highest BCUT2D eigenvalue weighted by atomic mass is 32.1. The van der Waals surface area contributed by atoms with E-state index in [-0.39, 0.29) is 6.03 Å². The molecule has 8 heteroatoms. The molecule has 150 valence electrons. The molecule has 0 aliphatic carbocycles. The summed E-state index contributed by atoms with van der Waals surface area (Å²) < 4.78 is 10.6. The highest BCUT2D eigenvalue weighted by molar-refractivity contribution is 7.13. The van der Waals surface area contributed by atoms with E-state index in [1.807, 2.05) is 28.0 Å². The molecule has 0 bridgehead atoms. The number of methoxy groups -OCH3 is 1. The molecular formula is C20H26N4O3S. The summed E-state index contributed by atoms with van der Waals surface area (Å²) in [7, 11) is 1.68. The first-order valence-corrected chi connectivity index (χ1v) is 10.5. The van der Waals surface area contributed by atoms with Crippen molar-refractivity contribution in [2.75, 3.05) is 59.6 Å². The van der Waals surface area contributed by atoms with Crippen molar-refractivity contribution >= 4 is 17.4 Å². The zero-order valence-corrected chi connectivity index (χ0v) is 17.0. The van der Waals surface area contributed by atoms with Crippen molar-refractivity contribution in [2.45, 2.75) is 6.54 Å². The maximum atomic E-state index is 12.6. The highest BCUT2D eigenvalue weighted by Crippen LogP contribution is 2.27. The standard InChI is InChI=1S/C20H26N4O3S/c1-26-18-4-2-3-16(13-18)19-21-17(15-28-19)14-22-5-7-23(8-6-22)20(25)24-9-11-27-12-10-24/h2-4,13,15H,5-12,14H2,1H3. The van der Waals surface area contributed by atoms with E-state index in [1.54, 1.807) is 18.4 Å². The summed E-state index contributed by atoms with van der Waals surface area (Å²) in [5.74, 6) is 0.843. The Morgan fingerprint density at radius 1 is 1.14 bits per heavy atom. The lowest BCUT2D eigenvalue weighted by molar-refractivity contribution is 0.0372. The van der Waals surface area contributed by atoms with E-state index in [2.05, 4.69) is 16.3 Å². The predicted molar refractivity (Wildman–Crippen MR) is 109 cm³/mol. The molecule has 2 aromatic rings. The Bertz CT molecular complexity index is 798. The molecule has 0 atom stereocenters. The molecule has 0 radical (unpaired) electrons. The molecule has 0 N–H and O–H groups in total. The van der Waals surface area contributed by atoms with Crippen LogP contribution in [0.25, 0.3) is 10.6 Å². The van der Waals surface area contributed by atoms with Gasteiger partial charge in [-0.05, 0) is 12.1 Å². The number of thiazole rings is 1. The third-order valence-corrected chi connectivity index (χ3v) is 6.12. The largest absolute Gasteiger partial charge is 0.497 e. The van der Waals surface area contributed by atoms with Crippen LogP contribution < -0.4 is 4.74 Å². The van der Waals surface area contributed by atoms with Crippen LogP contribution in [0.3, 0.4) is 0 Å². The molecule has 0 unspecified atom stereocenters. The average Bonchev–Trinajstić information content (AvgIpc) is 3.23. The van der Waals surface area contributed by atoms with Gasteiger partial charge in [-0.3, -0.25) is 4.90 Å². The maximum Gasteiger partial charge on any atom is 0.320 e. The lowest BCUT2D eigenvalue weighted by atomic mass is 10.2. The Labute approximate surface area is 169 Å². The molecule has 0 spiro atoms. The van der Waals surface area contributed by atoms with Gasteiger partial charge in [-0.1, -0.05) is 12.1 Å². The number of piperazine rings is 1. The quantitative estimate of drug-likeness (QED) is 0.786. The van der Waals surface area contributed by atoms with E-state index in [0.717, 1.165) is 54.7 Å². The van der Waals surface area contributed by atoms with E-state index in [9.17, 15) is 4.79 Å². The molecule has 7 nitrogen and oxygen atoms in total. The summed E-state index contributed by atoms with van der Waals surface area (Å²) in [6.07, 6.45) is 0. The van der Waals surface area contributed by atoms with Crippen LogP contribution in [-0.4, -0.2) is 85.3 Å². The molecule has 2 amide bonds. The number of rotatable bonds is 4. The first-order chi connectivity index (χ1) is 13.7. The molecule has 3 heterocycles. The summed E-state index contributed by atoms with van der Waals surface area (Å²) in [4.78, 5) is 23.6. The molecule has 2 aliphatic heterocycles. The molecule has 2 saturated heterocycles. The van der Waals surface area contributed by atoms with Crippen LogP contribution in [0.2, 0.25) is 0 Å². The van der Waals surface area contributed by atoms with Gasteiger partial charge in [0.2, 0.25) is 0 Å². The van der Waals surface area contributed by atoms with Crippen LogP contribution in [0.15, 0.2) is 29.6 Å². The van der Waals surface area contributed by atoms with Crippen molar-refractivity contribution in [3.8, 4) is 16.3 Å². The predicted octanol–water partition coefficient (Wildman–Crippen LogP) is 2.39. The first-order valence-electron chi connectivity index (χ1n) is 9.66. The first kappa shape index (κ1) is 19.2. The van der Waals surface area contributed by atoms with Gasteiger partial charge in [-0.15, -0.1) is 11.3 Å². The number of urea groups is 1. The lowest BCUT2D eigenvalue weighted by Crippen LogP contribution is -2.54. The van der Waals surface area contributed by atoms with Gasteiger partial charge in [0.1, 0.15) is 10.8 Å². The average molecular weight is 403 g/mol. The van der Waals surface area contributed by atoms with Crippen LogP contribution in [0.1, 0.15) is 5.69 Å². The number of benzene rings is 1. The van der Waals surface area contributed by atoms with Gasteiger partial charge in [0, 0.05) is 56.8 Å². The Morgan fingerprint density at radius 2 is 1.89 bits per heavy atom. The fraction of sp³-hybridized carbons (Fsp3) is 0.500. The van der Waals surface area contributed by atoms with E-state index in [0.29, 0.717) is 26.3 Å². The molecule has 0 saturated carbocycles. The number of hydrogen-bond acceptors (Lipinski definition) is 6. The highest BCUT2D eigenvalue weighted by Gasteiger charge is 2.26. The molecule has 28 heavy (non-hydrogen) atoms. The fourth-order valence-corrected chi connectivity index (χ4v) is 4.36. The van der Waals surface area contributed by atoms with Crippen LogP contribution in [0.4, 0.5) is 4.79 Å². The van der Waals surface area contributed by atoms with Gasteiger partial charge in [-0.25, -0.2) is 9.78 Å². The van der Waals surface area contributed by atoms with Gasteiger partial charge in [0.25, 0.3) is 0 Å². The summed E-state index contributed by atoms with van der Waals surface area (Å²) in [6.45, 7) is 6.79. The molecule has 4 rings (SSSR count). The lowest BCUT2D eigenvalue weighted by Gasteiger charge is -2.38. The van der Waals surface area contributed by atoms with Crippen LogP contribution in [0.5, 0.6) is 5.75 Å². The number of morpholine rings is 1. The van der Waals surface area contributed by atoms with E-state index >= 15 is 0 Å². The number of aromatic nitrogens is 1. The van der Waals surface area contributed by atoms with Crippen molar-refractivity contribution in [1.82, 2.24) is 19.7 Å². The molecule has 1 aromatic heterocycles. The SMILES string of the molecule is COc1cccc(-c2nc(CN3CCN(C(=O)N4CCOCC4)CC3)cs2)c1. The molecule has 2 fully saturated rings. The number of amides is 2. The zero-order valence-electron chi connectivity index (χ0n) is 16.2. The van der Waals surface area contributed by atoms with Gasteiger partial charge < -0.3 is 19.3 Å². The van der Waals surface area contributed by atoms with Crippen molar-refractivity contribution in [3.63, 3.8) is 0 Å². The topological polar surface area (TPSA) is 58.1 Å². The number of ether oxygens (including phenoxy) is 2. The zero-order chi connectivity index (χ0) is 19.3. The monoisotopic (exact) mass is 402 g/mol. The summed E-state index contributed by atoms with van der Waals surface area (Å²) in [5, 5.41) is 3.13. The van der Waals surface area contributed by atoms with Gasteiger partial charge in [-0.2, -0.15) is 0 Å². The van der Waals surface area contributed by atoms with Crippen LogP contribution >= 0.6 is 11.3 Å². The van der Waals surface area contributed by atoms with Crippen molar-refractivity contribution in [2.24, 2.45) is 0 Å². The fourth-order valence-electron chi connectivity index (χ4n) is 3.55. The number of carbonyl (C=O) groups excluding carboxylic acids is 1. The van der Waals surface area contributed by atoms with E-state index in [1.165, 1.54) is 0 Å². The molecular weight excluding hydrogens is 376 g/mol. The summed E-state index contributed by atoms with van der Waals surface area (Å²) in [6, 6.07) is 8.15. The van der Waals surface area contributed by atoms with Crippen molar-refractivity contribution in [3.05, 3.63) is 35.3 Å². The second-order valence-electron chi connectivity index (χ2n) is 7.02. The third kappa shape index (κ3) is 4.45. The molecule has 1 aromatic carbocycles. The van der Waals surface area contributed by atoms with Crippen LogP contribution in [0, 0.1) is 0 Å².